The third-order valence-electron chi connectivity index (χ3n) is 3.67. The van der Waals surface area contributed by atoms with E-state index in [1.165, 1.54) is 17.7 Å². The van der Waals surface area contributed by atoms with Gasteiger partial charge in [-0.25, -0.2) is 8.78 Å². The lowest BCUT2D eigenvalue weighted by Crippen LogP contribution is -2.19. The Morgan fingerprint density at radius 1 is 1.05 bits per heavy atom. The predicted octanol–water partition coefficient (Wildman–Crippen LogP) is 4.03. The van der Waals surface area contributed by atoms with Gasteiger partial charge in [0.25, 0.3) is 0 Å². The minimum atomic E-state index is -0.544. The molecule has 0 unspecified atom stereocenters. The Morgan fingerprint density at radius 2 is 1.80 bits per heavy atom. The zero-order chi connectivity index (χ0) is 14.1. The molecule has 0 fully saturated rings. The van der Waals surface area contributed by atoms with Gasteiger partial charge in [-0.05, 0) is 30.3 Å². The van der Waals surface area contributed by atoms with Crippen molar-refractivity contribution in [2.75, 3.05) is 13.6 Å². The molecule has 2 aromatic carbocycles. The average molecular weight is 271 g/mol. The molecule has 1 atom stereocenters. The lowest BCUT2D eigenvalue weighted by atomic mass is 10.0. The van der Waals surface area contributed by atoms with Crippen LogP contribution in [-0.2, 0) is 0 Å². The smallest absolute Gasteiger partial charge is 0.133 e. The van der Waals surface area contributed by atoms with Gasteiger partial charge in [0, 0.05) is 18.2 Å². The van der Waals surface area contributed by atoms with Crippen molar-refractivity contribution < 1.29 is 8.78 Å². The highest BCUT2D eigenvalue weighted by atomic mass is 19.1. The van der Waals surface area contributed by atoms with Gasteiger partial charge in [0.05, 0.1) is 6.04 Å². The predicted molar refractivity (Wildman–Crippen MR) is 76.1 cm³/mol. The lowest BCUT2D eigenvalue weighted by molar-refractivity contribution is 0.342. The number of benzene rings is 2. The van der Waals surface area contributed by atoms with Gasteiger partial charge in [-0.2, -0.15) is 0 Å². The first-order valence-electron chi connectivity index (χ1n) is 6.56. The summed E-state index contributed by atoms with van der Waals surface area (Å²) in [5.74, 6) is -1.05. The molecule has 0 N–H and O–H groups in total. The molecule has 1 heterocycles. The van der Waals surface area contributed by atoms with Crippen molar-refractivity contribution >= 4 is 5.57 Å². The molecule has 0 aromatic heterocycles. The van der Waals surface area contributed by atoms with Gasteiger partial charge in [0.15, 0.2) is 0 Å². The van der Waals surface area contributed by atoms with Crippen molar-refractivity contribution in [3.8, 4) is 0 Å². The molecule has 0 spiro atoms. The fourth-order valence-electron chi connectivity index (χ4n) is 2.66. The van der Waals surface area contributed by atoms with E-state index in [9.17, 15) is 8.78 Å². The van der Waals surface area contributed by atoms with E-state index < -0.39 is 11.6 Å². The van der Waals surface area contributed by atoms with Crippen LogP contribution in [0.3, 0.4) is 0 Å². The van der Waals surface area contributed by atoms with E-state index in [1.807, 2.05) is 31.3 Å². The summed E-state index contributed by atoms with van der Waals surface area (Å²) in [6.07, 6.45) is 2.05. The van der Waals surface area contributed by atoms with Crippen LogP contribution in [-0.4, -0.2) is 18.5 Å². The van der Waals surface area contributed by atoms with Gasteiger partial charge < -0.3 is 0 Å². The summed E-state index contributed by atoms with van der Waals surface area (Å²) in [5.41, 5.74) is 2.56. The maximum Gasteiger partial charge on any atom is 0.133 e. The third kappa shape index (κ3) is 2.37. The van der Waals surface area contributed by atoms with Crippen molar-refractivity contribution in [3.63, 3.8) is 0 Å². The van der Waals surface area contributed by atoms with Crippen LogP contribution in [0.2, 0.25) is 0 Å². The molecule has 0 radical (unpaired) electrons. The quantitative estimate of drug-likeness (QED) is 0.797. The molecule has 2 aromatic rings. The molecular weight excluding hydrogens is 256 g/mol. The van der Waals surface area contributed by atoms with Crippen LogP contribution in [0.4, 0.5) is 8.78 Å². The summed E-state index contributed by atoms with van der Waals surface area (Å²) >= 11 is 0. The second-order valence-electron chi connectivity index (χ2n) is 5.09. The summed E-state index contributed by atoms with van der Waals surface area (Å²) in [6, 6.07) is 14.0. The van der Waals surface area contributed by atoms with Crippen LogP contribution in [0.25, 0.3) is 5.57 Å². The molecule has 20 heavy (non-hydrogen) atoms. The molecule has 1 aliphatic heterocycles. The van der Waals surface area contributed by atoms with Crippen LogP contribution < -0.4 is 0 Å². The van der Waals surface area contributed by atoms with Crippen molar-refractivity contribution in [2.45, 2.75) is 6.04 Å². The second kappa shape index (κ2) is 5.17. The fraction of sp³-hybridized carbons (Fsp3) is 0.176. The van der Waals surface area contributed by atoms with Crippen molar-refractivity contribution in [1.29, 1.82) is 0 Å². The van der Waals surface area contributed by atoms with Crippen LogP contribution in [0.1, 0.15) is 17.2 Å². The standard InChI is InChI=1S/C17H15F2N/c1-20-11-13(15-8-7-14(18)10-16(15)19)9-17(20)12-5-3-2-4-6-12/h2-10,17H,11H2,1H3/t17-/m0/s1. The molecule has 3 heteroatoms. The SMILES string of the molecule is CN1CC(c2ccc(F)cc2F)=C[C@H]1c1ccccc1. The Kier molecular flexibility index (Phi) is 3.36. The maximum absolute atomic E-state index is 13.9. The summed E-state index contributed by atoms with van der Waals surface area (Å²) in [7, 11) is 2.00. The Hall–Kier alpha value is -2.00. The Morgan fingerprint density at radius 3 is 2.50 bits per heavy atom. The summed E-state index contributed by atoms with van der Waals surface area (Å²) in [5, 5.41) is 0. The van der Waals surface area contributed by atoms with Gasteiger partial charge >= 0.3 is 0 Å². The number of hydrogen-bond acceptors (Lipinski definition) is 1. The first-order chi connectivity index (χ1) is 9.65. The highest BCUT2D eigenvalue weighted by Crippen LogP contribution is 2.34. The molecule has 3 rings (SSSR count). The van der Waals surface area contributed by atoms with E-state index in [2.05, 4.69) is 17.0 Å². The van der Waals surface area contributed by atoms with Gasteiger partial charge in [-0.15, -0.1) is 0 Å². The van der Waals surface area contributed by atoms with Crippen LogP contribution >= 0.6 is 0 Å². The van der Waals surface area contributed by atoms with Crippen molar-refractivity contribution in [2.24, 2.45) is 0 Å². The van der Waals surface area contributed by atoms with Gasteiger partial charge in [0.1, 0.15) is 11.6 Å². The molecule has 102 valence electrons. The molecule has 0 amide bonds. The van der Waals surface area contributed by atoms with Crippen LogP contribution in [0.15, 0.2) is 54.6 Å². The first-order valence-corrected chi connectivity index (χ1v) is 6.56. The molecule has 1 aliphatic rings. The number of rotatable bonds is 2. The topological polar surface area (TPSA) is 3.24 Å². The first kappa shape index (κ1) is 13.0. The molecule has 0 aliphatic carbocycles. The third-order valence-corrected chi connectivity index (χ3v) is 3.67. The number of hydrogen-bond donors (Lipinski definition) is 0. The summed E-state index contributed by atoms with van der Waals surface area (Å²) in [6.45, 7) is 0.655. The monoisotopic (exact) mass is 271 g/mol. The number of halogens is 2. The molecule has 0 saturated heterocycles. The minimum absolute atomic E-state index is 0.135. The fourth-order valence-corrected chi connectivity index (χ4v) is 2.66. The summed E-state index contributed by atoms with van der Waals surface area (Å²) < 4.78 is 26.8. The van der Waals surface area contributed by atoms with Crippen LogP contribution in [0, 0.1) is 11.6 Å². The minimum Gasteiger partial charge on any atom is -0.292 e. The number of likely N-dealkylation sites (N-methyl/N-ethyl adjacent to an activating group) is 1. The van der Waals surface area contributed by atoms with E-state index in [4.69, 9.17) is 0 Å². The maximum atomic E-state index is 13.9. The highest BCUT2D eigenvalue weighted by Gasteiger charge is 2.24. The molecule has 0 bridgehead atoms. The molecule has 1 nitrogen and oxygen atoms in total. The summed E-state index contributed by atoms with van der Waals surface area (Å²) in [4.78, 5) is 2.15. The van der Waals surface area contributed by atoms with Gasteiger partial charge in [0.2, 0.25) is 0 Å². The number of nitrogens with zero attached hydrogens (tertiary/aromatic N) is 1. The van der Waals surface area contributed by atoms with E-state index in [0.717, 1.165) is 11.6 Å². The zero-order valence-electron chi connectivity index (χ0n) is 11.2. The largest absolute Gasteiger partial charge is 0.292 e. The Bertz CT molecular complexity index is 649. The Balaban J connectivity index is 1.96. The average Bonchev–Trinajstić information content (AvgIpc) is 2.81. The van der Waals surface area contributed by atoms with Crippen molar-refractivity contribution in [1.82, 2.24) is 4.90 Å². The normalized spacial score (nSPS) is 19.1. The van der Waals surface area contributed by atoms with E-state index >= 15 is 0 Å². The van der Waals surface area contributed by atoms with Crippen molar-refractivity contribution in [3.05, 3.63) is 77.4 Å². The lowest BCUT2D eigenvalue weighted by Gasteiger charge is -2.19. The second-order valence-corrected chi connectivity index (χ2v) is 5.09. The van der Waals surface area contributed by atoms with E-state index in [0.29, 0.717) is 12.1 Å². The Labute approximate surface area is 117 Å². The van der Waals surface area contributed by atoms with Gasteiger partial charge in [-0.3, -0.25) is 4.90 Å². The highest BCUT2D eigenvalue weighted by molar-refractivity contribution is 5.70. The van der Waals surface area contributed by atoms with Gasteiger partial charge in [-0.1, -0.05) is 36.4 Å². The molecule has 0 saturated carbocycles. The van der Waals surface area contributed by atoms with E-state index in [-0.39, 0.29) is 6.04 Å². The molecular formula is C17H15F2N. The van der Waals surface area contributed by atoms with E-state index in [1.54, 1.807) is 0 Å². The zero-order valence-corrected chi connectivity index (χ0v) is 11.2. The van der Waals surface area contributed by atoms with Crippen LogP contribution in [0.5, 0.6) is 0 Å².